The number of amides is 1. The molecule has 0 saturated carbocycles. The number of nitrogens with two attached hydrogens (primary N) is 1. The van der Waals surface area contributed by atoms with Gasteiger partial charge in [0.2, 0.25) is 0 Å². The fraction of sp³-hybridized carbons (Fsp3) is 0.412. The molecule has 2 aromatic rings. The van der Waals surface area contributed by atoms with Gasteiger partial charge < -0.3 is 25.1 Å². The van der Waals surface area contributed by atoms with Gasteiger partial charge in [-0.2, -0.15) is 0 Å². The molecule has 3 rings (SSSR count). The maximum atomic E-state index is 12.5. The molecule has 0 bridgehead atoms. The number of carbonyl (C=O) groups is 1. The van der Waals surface area contributed by atoms with Crippen molar-refractivity contribution in [1.29, 1.82) is 0 Å². The highest BCUT2D eigenvalue weighted by Gasteiger charge is 2.21. The molecule has 1 aromatic carbocycles. The molecule has 1 fully saturated rings. The second kappa shape index (κ2) is 7.99. The number of nitrogens with zero attached hydrogens (tertiary/aromatic N) is 1. The SMILES string of the molecule is COc1ccc(CNC(=O)c2sc(=S)n(C[C@@H]3CCCO3)c2N)cc1. The minimum atomic E-state index is -0.212. The minimum absolute atomic E-state index is 0.124. The first kappa shape index (κ1) is 17.9. The molecular formula is C17H21N3O3S2. The number of rotatable bonds is 6. The third-order valence-electron chi connectivity index (χ3n) is 4.16. The first-order valence-corrected chi connectivity index (χ1v) is 9.33. The van der Waals surface area contributed by atoms with Crippen LogP contribution in [-0.2, 0) is 17.8 Å². The van der Waals surface area contributed by atoms with Crippen LogP contribution in [0.3, 0.4) is 0 Å². The summed E-state index contributed by atoms with van der Waals surface area (Å²) in [7, 11) is 1.62. The zero-order valence-corrected chi connectivity index (χ0v) is 15.6. The monoisotopic (exact) mass is 379 g/mol. The zero-order chi connectivity index (χ0) is 17.8. The Kier molecular flexibility index (Phi) is 5.72. The molecule has 3 N–H and O–H groups in total. The largest absolute Gasteiger partial charge is 0.497 e. The predicted molar refractivity (Wildman–Crippen MR) is 101 cm³/mol. The van der Waals surface area contributed by atoms with E-state index < -0.39 is 0 Å². The van der Waals surface area contributed by atoms with Crippen LogP contribution in [0.2, 0.25) is 0 Å². The lowest BCUT2D eigenvalue weighted by Gasteiger charge is -2.12. The highest BCUT2D eigenvalue weighted by atomic mass is 32.1. The zero-order valence-electron chi connectivity index (χ0n) is 14.0. The Bertz CT molecular complexity index is 792. The highest BCUT2D eigenvalue weighted by molar-refractivity contribution is 7.73. The van der Waals surface area contributed by atoms with Gasteiger partial charge in [0.05, 0.1) is 19.8 Å². The van der Waals surface area contributed by atoms with Crippen molar-refractivity contribution in [2.75, 3.05) is 19.5 Å². The number of carbonyl (C=O) groups excluding carboxylic acids is 1. The summed E-state index contributed by atoms with van der Waals surface area (Å²) in [5.74, 6) is 0.983. The molecule has 134 valence electrons. The second-order valence-corrected chi connectivity index (χ2v) is 7.50. The number of nitrogens with one attached hydrogen (secondary N) is 1. The summed E-state index contributed by atoms with van der Waals surface area (Å²) < 4.78 is 13.2. The number of aromatic nitrogens is 1. The Hall–Kier alpha value is -1.90. The summed E-state index contributed by atoms with van der Waals surface area (Å²) in [6.07, 6.45) is 2.17. The number of hydrogen-bond donors (Lipinski definition) is 2. The summed E-state index contributed by atoms with van der Waals surface area (Å²) in [5, 5.41) is 2.89. The number of anilines is 1. The molecule has 6 nitrogen and oxygen atoms in total. The lowest BCUT2D eigenvalue weighted by Crippen LogP contribution is -2.24. The van der Waals surface area contributed by atoms with E-state index in [1.165, 1.54) is 11.3 Å². The quantitative estimate of drug-likeness (QED) is 0.755. The molecule has 0 radical (unpaired) electrons. The van der Waals surface area contributed by atoms with Crippen LogP contribution in [-0.4, -0.2) is 30.3 Å². The van der Waals surface area contributed by atoms with E-state index in [4.69, 9.17) is 27.4 Å². The Balaban J connectivity index is 1.66. The van der Waals surface area contributed by atoms with Gasteiger partial charge in [-0.1, -0.05) is 23.5 Å². The number of benzene rings is 1. The summed E-state index contributed by atoms with van der Waals surface area (Å²) in [6, 6.07) is 7.54. The van der Waals surface area contributed by atoms with E-state index in [1.807, 2.05) is 24.3 Å². The van der Waals surface area contributed by atoms with E-state index in [1.54, 1.807) is 11.7 Å². The van der Waals surface area contributed by atoms with E-state index in [2.05, 4.69) is 5.32 Å². The minimum Gasteiger partial charge on any atom is -0.497 e. The van der Waals surface area contributed by atoms with Gasteiger partial charge in [0.25, 0.3) is 5.91 Å². The van der Waals surface area contributed by atoms with Crippen LogP contribution < -0.4 is 15.8 Å². The molecule has 1 aliphatic rings. The topological polar surface area (TPSA) is 78.5 Å². The summed E-state index contributed by atoms with van der Waals surface area (Å²) >= 11 is 6.61. The van der Waals surface area contributed by atoms with E-state index >= 15 is 0 Å². The molecule has 1 aromatic heterocycles. The summed E-state index contributed by atoms with van der Waals surface area (Å²) in [4.78, 5) is 12.9. The number of thiazole rings is 1. The predicted octanol–water partition coefficient (Wildman–Crippen LogP) is 2.98. The Morgan fingerprint density at radius 2 is 2.24 bits per heavy atom. The van der Waals surface area contributed by atoms with Gasteiger partial charge in [-0.3, -0.25) is 4.79 Å². The fourth-order valence-corrected chi connectivity index (χ4v) is 4.01. The fourth-order valence-electron chi connectivity index (χ4n) is 2.75. The molecule has 1 atom stereocenters. The van der Waals surface area contributed by atoms with Crippen molar-refractivity contribution in [2.24, 2.45) is 0 Å². The smallest absolute Gasteiger partial charge is 0.265 e. The molecule has 1 amide bonds. The molecular weight excluding hydrogens is 358 g/mol. The van der Waals surface area contributed by atoms with Crippen LogP contribution in [0.4, 0.5) is 5.82 Å². The summed E-state index contributed by atoms with van der Waals surface area (Å²) in [6.45, 7) is 1.79. The van der Waals surface area contributed by atoms with Crippen molar-refractivity contribution in [3.63, 3.8) is 0 Å². The second-order valence-electron chi connectivity index (χ2n) is 5.86. The van der Waals surface area contributed by atoms with Crippen molar-refractivity contribution in [3.8, 4) is 5.75 Å². The number of ether oxygens (including phenoxy) is 2. The van der Waals surface area contributed by atoms with E-state index in [-0.39, 0.29) is 12.0 Å². The first-order valence-electron chi connectivity index (χ1n) is 8.10. The van der Waals surface area contributed by atoms with E-state index in [0.29, 0.717) is 27.7 Å². The normalized spacial score (nSPS) is 16.8. The highest BCUT2D eigenvalue weighted by Crippen LogP contribution is 2.25. The molecule has 25 heavy (non-hydrogen) atoms. The van der Waals surface area contributed by atoms with Crippen LogP contribution in [0.1, 0.15) is 28.1 Å². The van der Waals surface area contributed by atoms with Gasteiger partial charge in [0, 0.05) is 13.2 Å². The number of methoxy groups -OCH3 is 1. The lowest BCUT2D eigenvalue weighted by molar-refractivity contribution is 0.0946. The number of nitrogen functional groups attached to an aromatic ring is 1. The molecule has 2 heterocycles. The molecule has 0 unspecified atom stereocenters. The van der Waals surface area contributed by atoms with Crippen molar-refractivity contribution in [1.82, 2.24) is 9.88 Å². The molecule has 8 heteroatoms. The summed E-state index contributed by atoms with van der Waals surface area (Å²) in [5.41, 5.74) is 7.15. The Morgan fingerprint density at radius 1 is 1.48 bits per heavy atom. The van der Waals surface area contributed by atoms with Gasteiger partial charge >= 0.3 is 0 Å². The van der Waals surface area contributed by atoms with E-state index in [0.717, 1.165) is 30.8 Å². The molecule has 0 aliphatic carbocycles. The standard InChI is InChI=1S/C17H21N3O3S2/c1-22-12-6-4-11(5-7-12)9-19-16(21)14-15(18)20(17(24)25-14)10-13-3-2-8-23-13/h4-7,13H,2-3,8-10,18H2,1H3,(H,19,21)/t13-/m0/s1. The first-order chi connectivity index (χ1) is 12.1. The van der Waals surface area contributed by atoms with Crippen LogP contribution in [0, 0.1) is 3.95 Å². The third-order valence-corrected chi connectivity index (χ3v) is 5.63. The van der Waals surface area contributed by atoms with Gasteiger partial charge in [-0.05, 0) is 42.8 Å². The van der Waals surface area contributed by atoms with Crippen molar-refractivity contribution in [2.45, 2.75) is 32.0 Å². The van der Waals surface area contributed by atoms with Crippen LogP contribution in [0.15, 0.2) is 24.3 Å². The van der Waals surface area contributed by atoms with E-state index in [9.17, 15) is 4.79 Å². The maximum absolute atomic E-state index is 12.5. The Labute approximate surface area is 155 Å². The maximum Gasteiger partial charge on any atom is 0.265 e. The molecule has 1 saturated heterocycles. The van der Waals surface area contributed by atoms with Crippen LogP contribution in [0.25, 0.3) is 0 Å². The average Bonchev–Trinajstić information content (AvgIpc) is 3.24. The van der Waals surface area contributed by atoms with Crippen LogP contribution >= 0.6 is 23.6 Å². The Morgan fingerprint density at radius 3 is 2.88 bits per heavy atom. The van der Waals surface area contributed by atoms with Crippen LogP contribution in [0.5, 0.6) is 5.75 Å². The van der Waals surface area contributed by atoms with Crippen molar-refractivity contribution < 1.29 is 14.3 Å². The molecule has 1 aliphatic heterocycles. The third kappa shape index (κ3) is 4.20. The lowest BCUT2D eigenvalue weighted by atomic mass is 10.2. The molecule has 0 spiro atoms. The van der Waals surface area contributed by atoms with Crippen molar-refractivity contribution in [3.05, 3.63) is 38.7 Å². The van der Waals surface area contributed by atoms with Gasteiger partial charge in [-0.25, -0.2) is 0 Å². The van der Waals surface area contributed by atoms with Gasteiger partial charge in [0.1, 0.15) is 16.4 Å². The average molecular weight is 380 g/mol. The van der Waals surface area contributed by atoms with Crippen molar-refractivity contribution >= 4 is 35.3 Å². The number of hydrogen-bond acceptors (Lipinski definition) is 6. The van der Waals surface area contributed by atoms with Gasteiger partial charge in [-0.15, -0.1) is 0 Å². The van der Waals surface area contributed by atoms with Gasteiger partial charge in [0.15, 0.2) is 3.95 Å².